The number of aliphatic hydroxyl groups excluding tert-OH is 1. The summed E-state index contributed by atoms with van der Waals surface area (Å²) in [6.07, 6.45) is 0.125. The lowest BCUT2D eigenvalue weighted by Crippen LogP contribution is -2.53. The highest BCUT2D eigenvalue weighted by Crippen LogP contribution is 2.21. The second kappa shape index (κ2) is 6.22. The number of nitrogens with zero attached hydrogens (tertiary/aromatic N) is 2. The third-order valence-corrected chi connectivity index (χ3v) is 4.41. The van der Waals surface area contributed by atoms with Crippen molar-refractivity contribution in [3.63, 3.8) is 0 Å². The molecule has 2 N–H and O–H groups in total. The number of carbonyl (C=O) groups is 1. The molecule has 6 heteroatoms. The summed E-state index contributed by atoms with van der Waals surface area (Å²) in [5.41, 5.74) is 1.10. The Morgan fingerprint density at radius 2 is 2.05 bits per heavy atom. The van der Waals surface area contributed by atoms with Gasteiger partial charge in [0.05, 0.1) is 12.1 Å². The molecule has 0 spiro atoms. The van der Waals surface area contributed by atoms with E-state index in [1.165, 1.54) is 0 Å². The highest BCUT2D eigenvalue weighted by atomic mass is 35.5. The van der Waals surface area contributed by atoms with Gasteiger partial charge in [0.25, 0.3) is 0 Å². The Hall–Kier alpha value is -1.30. The van der Waals surface area contributed by atoms with E-state index in [1.54, 1.807) is 0 Å². The predicted octanol–water partition coefficient (Wildman–Crippen LogP) is 0.711. The average molecular weight is 310 g/mol. The fourth-order valence-corrected chi connectivity index (χ4v) is 3.17. The summed E-state index contributed by atoms with van der Waals surface area (Å²) in [5.74, 6) is 0.109. The number of hydrogen-bond acceptors (Lipinski definition) is 4. The van der Waals surface area contributed by atoms with Crippen LogP contribution in [0.1, 0.15) is 6.42 Å². The number of halogens is 1. The van der Waals surface area contributed by atoms with Crippen LogP contribution in [-0.4, -0.2) is 60.8 Å². The van der Waals surface area contributed by atoms with Crippen LogP contribution in [-0.2, 0) is 4.79 Å². The number of nitrogens with one attached hydrogen (secondary N) is 1. The second-order valence-electron chi connectivity index (χ2n) is 5.64. The maximum atomic E-state index is 12.4. The van der Waals surface area contributed by atoms with Crippen LogP contribution in [0.5, 0.6) is 0 Å². The molecule has 114 valence electrons. The summed E-state index contributed by atoms with van der Waals surface area (Å²) in [4.78, 5) is 16.5. The second-order valence-corrected chi connectivity index (χ2v) is 6.08. The maximum absolute atomic E-state index is 12.4. The highest BCUT2D eigenvalue weighted by molar-refractivity contribution is 6.30. The van der Waals surface area contributed by atoms with Gasteiger partial charge < -0.3 is 20.2 Å². The van der Waals surface area contributed by atoms with Crippen LogP contribution in [0.4, 0.5) is 5.69 Å². The number of benzene rings is 1. The fraction of sp³-hybridized carbons (Fsp3) is 0.533. The van der Waals surface area contributed by atoms with E-state index in [-0.39, 0.29) is 11.9 Å². The van der Waals surface area contributed by atoms with Crippen molar-refractivity contribution in [3.8, 4) is 0 Å². The van der Waals surface area contributed by atoms with Gasteiger partial charge in [-0.25, -0.2) is 0 Å². The van der Waals surface area contributed by atoms with Crippen molar-refractivity contribution in [1.82, 2.24) is 10.2 Å². The Morgan fingerprint density at radius 1 is 1.29 bits per heavy atom. The molecular weight excluding hydrogens is 290 g/mol. The van der Waals surface area contributed by atoms with Crippen LogP contribution in [0.3, 0.4) is 0 Å². The molecule has 0 radical (unpaired) electrons. The molecule has 0 unspecified atom stereocenters. The van der Waals surface area contributed by atoms with Gasteiger partial charge in [0, 0.05) is 43.4 Å². The summed E-state index contributed by atoms with van der Waals surface area (Å²) < 4.78 is 0. The van der Waals surface area contributed by atoms with Gasteiger partial charge in [-0.2, -0.15) is 0 Å². The minimum absolute atomic E-state index is 0.109. The number of hydrogen-bond donors (Lipinski definition) is 2. The first-order chi connectivity index (χ1) is 10.1. The first-order valence-electron chi connectivity index (χ1n) is 7.34. The Bertz CT molecular complexity index is 517. The minimum atomic E-state index is -0.397. The molecule has 3 rings (SSSR count). The minimum Gasteiger partial charge on any atom is -0.392 e. The van der Waals surface area contributed by atoms with E-state index in [0.717, 1.165) is 23.8 Å². The Balaban J connectivity index is 1.56. The molecule has 2 aliphatic heterocycles. The van der Waals surface area contributed by atoms with Crippen molar-refractivity contribution in [2.45, 2.75) is 18.6 Å². The van der Waals surface area contributed by atoms with Crippen molar-refractivity contribution in [2.75, 3.05) is 37.6 Å². The van der Waals surface area contributed by atoms with Crippen molar-refractivity contribution in [2.24, 2.45) is 0 Å². The van der Waals surface area contributed by atoms with E-state index in [9.17, 15) is 9.90 Å². The van der Waals surface area contributed by atoms with E-state index in [4.69, 9.17) is 11.6 Å². The predicted molar refractivity (Wildman–Crippen MR) is 82.7 cm³/mol. The number of anilines is 1. The van der Waals surface area contributed by atoms with Crippen LogP contribution in [0.2, 0.25) is 5.02 Å². The van der Waals surface area contributed by atoms with Crippen LogP contribution in [0, 0.1) is 0 Å². The Kier molecular flexibility index (Phi) is 4.33. The lowest BCUT2D eigenvalue weighted by Gasteiger charge is -2.37. The lowest BCUT2D eigenvalue weighted by molar-refractivity contribution is -0.133. The Morgan fingerprint density at radius 3 is 2.67 bits per heavy atom. The molecule has 0 saturated carbocycles. The third-order valence-electron chi connectivity index (χ3n) is 4.17. The van der Waals surface area contributed by atoms with Crippen molar-refractivity contribution in [1.29, 1.82) is 0 Å². The zero-order valence-corrected chi connectivity index (χ0v) is 12.6. The molecule has 1 amide bonds. The molecule has 2 fully saturated rings. The number of β-amino-alcohol motifs (C(OH)–C–C–N with tert-alkyl or cyclic N) is 1. The van der Waals surface area contributed by atoms with Crippen LogP contribution in [0.25, 0.3) is 0 Å². The molecule has 1 aromatic rings. The highest BCUT2D eigenvalue weighted by Gasteiger charge is 2.32. The van der Waals surface area contributed by atoms with Crippen molar-refractivity contribution >= 4 is 23.2 Å². The van der Waals surface area contributed by atoms with Gasteiger partial charge >= 0.3 is 0 Å². The molecule has 2 atom stereocenters. The summed E-state index contributed by atoms with van der Waals surface area (Å²) >= 11 is 6.02. The summed E-state index contributed by atoms with van der Waals surface area (Å²) in [6, 6.07) is 7.57. The summed E-state index contributed by atoms with van der Waals surface area (Å²) in [5, 5.41) is 13.3. The van der Waals surface area contributed by atoms with Gasteiger partial charge in [0.2, 0.25) is 5.91 Å². The Labute approximate surface area is 129 Å². The molecular formula is C15H20ClN3O2. The van der Waals surface area contributed by atoms with Crippen LogP contribution < -0.4 is 10.2 Å². The summed E-state index contributed by atoms with van der Waals surface area (Å²) in [6.45, 7) is 3.54. The van der Waals surface area contributed by atoms with E-state index >= 15 is 0 Å². The molecule has 0 bridgehead atoms. The van der Waals surface area contributed by atoms with E-state index < -0.39 is 6.10 Å². The van der Waals surface area contributed by atoms with Gasteiger partial charge in [-0.05, 0) is 24.6 Å². The number of carbonyl (C=O) groups excluding carboxylic acids is 1. The van der Waals surface area contributed by atoms with Crippen LogP contribution in [0.15, 0.2) is 24.3 Å². The number of rotatable bonds is 2. The van der Waals surface area contributed by atoms with Gasteiger partial charge in [0.1, 0.15) is 0 Å². The quantitative estimate of drug-likeness (QED) is 0.845. The maximum Gasteiger partial charge on any atom is 0.239 e. The van der Waals surface area contributed by atoms with Crippen molar-refractivity contribution in [3.05, 3.63) is 29.3 Å². The first kappa shape index (κ1) is 14.6. The standard InChI is InChI=1S/C15H20ClN3O2/c16-11-2-1-3-12(8-11)18-4-6-19(7-5-18)15(21)14-9-13(20)10-17-14/h1-3,8,13-14,17,20H,4-7,9-10H2/t13-,14-/m0/s1. The monoisotopic (exact) mass is 309 g/mol. The van der Waals surface area contributed by atoms with Gasteiger partial charge in [-0.15, -0.1) is 0 Å². The number of aliphatic hydroxyl groups is 1. The number of piperazine rings is 1. The topological polar surface area (TPSA) is 55.8 Å². The summed E-state index contributed by atoms with van der Waals surface area (Å²) in [7, 11) is 0. The molecule has 0 aliphatic carbocycles. The molecule has 5 nitrogen and oxygen atoms in total. The zero-order chi connectivity index (χ0) is 14.8. The lowest BCUT2D eigenvalue weighted by atomic mass is 10.1. The van der Waals surface area contributed by atoms with E-state index in [1.807, 2.05) is 29.2 Å². The fourth-order valence-electron chi connectivity index (χ4n) is 2.98. The van der Waals surface area contributed by atoms with Crippen molar-refractivity contribution < 1.29 is 9.90 Å². The van der Waals surface area contributed by atoms with Gasteiger partial charge in [0.15, 0.2) is 0 Å². The molecule has 1 aromatic carbocycles. The van der Waals surface area contributed by atoms with E-state index in [0.29, 0.717) is 26.1 Å². The van der Waals surface area contributed by atoms with Gasteiger partial charge in [-0.1, -0.05) is 17.7 Å². The SMILES string of the molecule is O=C([C@@H]1C[C@H](O)CN1)N1CCN(c2cccc(Cl)c2)CC1. The largest absolute Gasteiger partial charge is 0.392 e. The number of amides is 1. The first-order valence-corrected chi connectivity index (χ1v) is 7.72. The van der Waals surface area contributed by atoms with Gasteiger partial charge in [-0.3, -0.25) is 4.79 Å². The van der Waals surface area contributed by atoms with E-state index in [2.05, 4.69) is 10.2 Å². The molecule has 2 aliphatic rings. The molecule has 21 heavy (non-hydrogen) atoms. The third kappa shape index (κ3) is 3.31. The molecule has 2 saturated heterocycles. The molecule has 2 heterocycles. The van der Waals surface area contributed by atoms with Crippen LogP contribution >= 0.6 is 11.6 Å². The average Bonchev–Trinajstić information content (AvgIpc) is 2.93. The molecule has 0 aromatic heterocycles. The zero-order valence-electron chi connectivity index (χ0n) is 11.8. The normalized spacial score (nSPS) is 26.2. The smallest absolute Gasteiger partial charge is 0.239 e.